The Bertz CT molecular complexity index is 978. The summed E-state index contributed by atoms with van der Waals surface area (Å²) in [6.45, 7) is 0.582. The maximum Gasteiger partial charge on any atom is 0.274 e. The third-order valence-electron chi connectivity index (χ3n) is 3.92. The number of nitrogens with zero attached hydrogens (tertiary/aromatic N) is 2. The minimum atomic E-state index is -0.332. The van der Waals surface area contributed by atoms with Crippen LogP contribution in [-0.4, -0.2) is 18.0 Å². The molecule has 0 radical (unpaired) electrons. The van der Waals surface area contributed by atoms with E-state index in [1.54, 1.807) is 49.7 Å². The number of aromatic nitrogens is 1. The van der Waals surface area contributed by atoms with Gasteiger partial charge in [-0.2, -0.15) is 5.26 Å². The summed E-state index contributed by atoms with van der Waals surface area (Å²) in [7, 11) is 1.64. The third kappa shape index (κ3) is 4.61. The number of benzene rings is 2. The summed E-state index contributed by atoms with van der Waals surface area (Å²) in [6.07, 6.45) is 1.61. The Kier molecular flexibility index (Phi) is 5.65. The number of para-hydroxylation sites is 1. The molecule has 6 nitrogen and oxygen atoms in total. The number of hydrogen-bond donors (Lipinski definition) is 2. The zero-order valence-corrected chi connectivity index (χ0v) is 14.8. The molecular formula is C21H18N4O2. The lowest BCUT2D eigenvalue weighted by atomic mass is 10.2. The average molecular weight is 358 g/mol. The second kappa shape index (κ2) is 8.50. The summed E-state index contributed by atoms with van der Waals surface area (Å²) in [5, 5.41) is 14.9. The molecule has 1 amide bonds. The van der Waals surface area contributed by atoms with Crippen LogP contribution < -0.4 is 15.4 Å². The minimum absolute atomic E-state index is 0.292. The number of anilines is 2. The molecule has 6 heteroatoms. The van der Waals surface area contributed by atoms with E-state index in [0.29, 0.717) is 23.5 Å². The molecule has 0 spiro atoms. The molecule has 2 N–H and O–H groups in total. The number of nitriles is 1. The van der Waals surface area contributed by atoms with Gasteiger partial charge in [0, 0.05) is 17.8 Å². The van der Waals surface area contributed by atoms with E-state index in [1.165, 1.54) is 0 Å². The van der Waals surface area contributed by atoms with E-state index < -0.39 is 0 Å². The molecule has 0 unspecified atom stereocenters. The van der Waals surface area contributed by atoms with E-state index in [0.717, 1.165) is 17.0 Å². The fraction of sp³-hybridized carbons (Fsp3) is 0.0952. The number of rotatable bonds is 6. The molecular weight excluding hydrogens is 340 g/mol. The molecule has 0 atom stereocenters. The van der Waals surface area contributed by atoms with Gasteiger partial charge in [0.1, 0.15) is 11.4 Å². The van der Waals surface area contributed by atoms with Crippen LogP contribution >= 0.6 is 0 Å². The molecule has 0 fully saturated rings. The van der Waals surface area contributed by atoms with Crippen LogP contribution in [0, 0.1) is 11.3 Å². The van der Waals surface area contributed by atoms with Gasteiger partial charge in [-0.3, -0.25) is 4.79 Å². The SMILES string of the molecule is COc1ccccc1CNc1ccc(C(=O)Nc2cccc(C#N)c2)nc1. The number of nitrogens with one attached hydrogen (secondary N) is 2. The quantitative estimate of drug-likeness (QED) is 0.699. The molecule has 0 bridgehead atoms. The molecule has 0 aliphatic carbocycles. The van der Waals surface area contributed by atoms with Crippen LogP contribution in [0.1, 0.15) is 21.6 Å². The number of carbonyl (C=O) groups is 1. The lowest BCUT2D eigenvalue weighted by Crippen LogP contribution is -2.13. The lowest BCUT2D eigenvalue weighted by Gasteiger charge is -2.10. The van der Waals surface area contributed by atoms with Crippen LogP contribution in [0.5, 0.6) is 5.75 Å². The van der Waals surface area contributed by atoms with Gasteiger partial charge < -0.3 is 15.4 Å². The number of methoxy groups -OCH3 is 1. The Balaban J connectivity index is 1.62. The Morgan fingerprint density at radius 3 is 2.70 bits per heavy atom. The monoisotopic (exact) mass is 358 g/mol. The highest BCUT2D eigenvalue weighted by molar-refractivity contribution is 6.03. The van der Waals surface area contributed by atoms with Crippen LogP contribution in [0.4, 0.5) is 11.4 Å². The van der Waals surface area contributed by atoms with Crippen LogP contribution in [0.3, 0.4) is 0 Å². The molecule has 1 aromatic heterocycles. The van der Waals surface area contributed by atoms with E-state index in [2.05, 4.69) is 15.6 Å². The standard InChI is InChI=1S/C21H18N4O2/c1-27-20-8-3-2-6-16(20)13-23-18-9-10-19(24-14-18)21(26)25-17-7-4-5-15(11-17)12-22/h2-11,14,23H,13H2,1H3,(H,25,26). The second-order valence-corrected chi connectivity index (χ2v) is 5.74. The van der Waals surface area contributed by atoms with E-state index in [1.807, 2.05) is 30.3 Å². The van der Waals surface area contributed by atoms with Crippen LogP contribution in [0.25, 0.3) is 0 Å². The fourth-order valence-corrected chi connectivity index (χ4v) is 2.54. The van der Waals surface area contributed by atoms with Crippen molar-refractivity contribution in [3.05, 3.63) is 83.7 Å². The predicted molar refractivity (Wildman–Crippen MR) is 104 cm³/mol. The van der Waals surface area contributed by atoms with Crippen LogP contribution in [0.15, 0.2) is 66.9 Å². The van der Waals surface area contributed by atoms with Crippen molar-refractivity contribution >= 4 is 17.3 Å². The molecule has 2 aromatic carbocycles. The maximum atomic E-state index is 12.3. The Hall–Kier alpha value is -3.85. The van der Waals surface area contributed by atoms with Gasteiger partial charge in [0.05, 0.1) is 30.6 Å². The van der Waals surface area contributed by atoms with E-state index in [9.17, 15) is 4.79 Å². The molecule has 134 valence electrons. The zero-order chi connectivity index (χ0) is 19.1. The highest BCUT2D eigenvalue weighted by atomic mass is 16.5. The molecule has 0 aliphatic heterocycles. The minimum Gasteiger partial charge on any atom is -0.496 e. The van der Waals surface area contributed by atoms with Gasteiger partial charge in [0.2, 0.25) is 0 Å². The Morgan fingerprint density at radius 2 is 1.96 bits per heavy atom. The highest BCUT2D eigenvalue weighted by Crippen LogP contribution is 2.19. The van der Waals surface area contributed by atoms with Gasteiger partial charge in [-0.15, -0.1) is 0 Å². The van der Waals surface area contributed by atoms with Gasteiger partial charge in [-0.1, -0.05) is 24.3 Å². The summed E-state index contributed by atoms with van der Waals surface area (Å²) < 4.78 is 5.33. The van der Waals surface area contributed by atoms with Gasteiger partial charge in [-0.25, -0.2) is 4.98 Å². The average Bonchev–Trinajstić information content (AvgIpc) is 2.73. The van der Waals surface area contributed by atoms with Crippen molar-refractivity contribution in [2.75, 3.05) is 17.7 Å². The highest BCUT2D eigenvalue weighted by Gasteiger charge is 2.08. The molecule has 3 aromatic rings. The van der Waals surface area contributed by atoms with Gasteiger partial charge in [-0.05, 0) is 36.4 Å². The van der Waals surface area contributed by atoms with Crippen molar-refractivity contribution in [2.24, 2.45) is 0 Å². The van der Waals surface area contributed by atoms with Crippen LogP contribution in [-0.2, 0) is 6.54 Å². The van der Waals surface area contributed by atoms with Crippen LogP contribution in [0.2, 0.25) is 0 Å². The topological polar surface area (TPSA) is 87.0 Å². The lowest BCUT2D eigenvalue weighted by molar-refractivity contribution is 0.102. The van der Waals surface area contributed by atoms with Crippen molar-refractivity contribution in [3.8, 4) is 11.8 Å². The van der Waals surface area contributed by atoms with Gasteiger partial charge in [0.15, 0.2) is 0 Å². The fourth-order valence-electron chi connectivity index (χ4n) is 2.54. The summed E-state index contributed by atoms with van der Waals surface area (Å²) in [6, 6.07) is 20.0. The first kappa shape index (κ1) is 18.0. The first-order valence-corrected chi connectivity index (χ1v) is 8.33. The van der Waals surface area contributed by atoms with Crippen molar-refractivity contribution in [3.63, 3.8) is 0 Å². The van der Waals surface area contributed by atoms with E-state index >= 15 is 0 Å². The number of hydrogen-bond acceptors (Lipinski definition) is 5. The van der Waals surface area contributed by atoms with Crippen molar-refractivity contribution in [1.82, 2.24) is 4.98 Å². The summed E-state index contributed by atoms with van der Waals surface area (Å²) in [5.41, 5.74) is 3.15. The molecule has 0 saturated carbocycles. The summed E-state index contributed by atoms with van der Waals surface area (Å²) in [5.74, 6) is 0.481. The van der Waals surface area contributed by atoms with Gasteiger partial charge in [0.25, 0.3) is 5.91 Å². The Morgan fingerprint density at radius 1 is 1.11 bits per heavy atom. The summed E-state index contributed by atoms with van der Waals surface area (Å²) in [4.78, 5) is 16.5. The smallest absolute Gasteiger partial charge is 0.274 e. The molecule has 3 rings (SSSR count). The van der Waals surface area contributed by atoms with Gasteiger partial charge >= 0.3 is 0 Å². The predicted octanol–water partition coefficient (Wildman–Crippen LogP) is 3.83. The summed E-state index contributed by atoms with van der Waals surface area (Å²) >= 11 is 0. The molecule has 27 heavy (non-hydrogen) atoms. The number of pyridine rings is 1. The van der Waals surface area contributed by atoms with Crippen molar-refractivity contribution in [1.29, 1.82) is 5.26 Å². The van der Waals surface area contributed by atoms with E-state index in [4.69, 9.17) is 10.00 Å². The Labute approximate surface area is 157 Å². The molecule has 1 heterocycles. The normalized spacial score (nSPS) is 9.93. The zero-order valence-electron chi connectivity index (χ0n) is 14.8. The molecule has 0 saturated heterocycles. The van der Waals surface area contributed by atoms with Crippen molar-refractivity contribution in [2.45, 2.75) is 6.54 Å². The molecule has 0 aliphatic rings. The van der Waals surface area contributed by atoms with E-state index in [-0.39, 0.29) is 5.91 Å². The largest absolute Gasteiger partial charge is 0.496 e. The second-order valence-electron chi connectivity index (χ2n) is 5.74. The number of ether oxygens (including phenoxy) is 1. The number of amides is 1. The third-order valence-corrected chi connectivity index (χ3v) is 3.92. The first-order valence-electron chi connectivity index (χ1n) is 8.33. The maximum absolute atomic E-state index is 12.3. The number of carbonyl (C=O) groups excluding carboxylic acids is 1. The van der Waals surface area contributed by atoms with Crippen molar-refractivity contribution < 1.29 is 9.53 Å². The first-order chi connectivity index (χ1) is 13.2.